The Kier molecular flexibility index (Phi) is 3.73. The van der Waals surface area contributed by atoms with Gasteiger partial charge in [0, 0.05) is 13.0 Å². The summed E-state index contributed by atoms with van der Waals surface area (Å²) >= 11 is 0. The largest absolute Gasteiger partial charge is 0.460 e. The van der Waals surface area contributed by atoms with Crippen molar-refractivity contribution < 1.29 is 23.5 Å². The Morgan fingerprint density at radius 3 is 2.80 bits per heavy atom. The predicted molar refractivity (Wildman–Crippen MR) is 66.9 cm³/mol. The van der Waals surface area contributed by atoms with Crippen molar-refractivity contribution in [2.75, 3.05) is 18.1 Å². The summed E-state index contributed by atoms with van der Waals surface area (Å²) in [5, 5.41) is 0. The molecule has 108 valence electrons. The van der Waals surface area contributed by atoms with Crippen molar-refractivity contribution in [1.82, 2.24) is 4.98 Å². The molecule has 2 rings (SSSR count). The first-order chi connectivity index (χ1) is 9.43. The summed E-state index contributed by atoms with van der Waals surface area (Å²) in [6.07, 6.45) is 0.0193. The van der Waals surface area contributed by atoms with Crippen LogP contribution in [-0.4, -0.2) is 35.9 Å². The molecule has 1 saturated heterocycles. The van der Waals surface area contributed by atoms with E-state index in [9.17, 15) is 14.4 Å². The van der Waals surface area contributed by atoms with Gasteiger partial charge in [-0.1, -0.05) is 0 Å². The first-order valence-electron chi connectivity index (χ1n) is 6.18. The van der Waals surface area contributed by atoms with Crippen molar-refractivity contribution in [2.24, 2.45) is 11.7 Å². The minimum Gasteiger partial charge on any atom is -0.460 e. The molecule has 0 spiro atoms. The Morgan fingerprint density at radius 2 is 2.25 bits per heavy atom. The molecule has 1 aliphatic rings. The fourth-order valence-corrected chi connectivity index (χ4v) is 1.97. The molecule has 0 aliphatic carbocycles. The molecule has 1 fully saturated rings. The molecule has 1 aromatic heterocycles. The van der Waals surface area contributed by atoms with Crippen molar-refractivity contribution in [3.8, 4) is 0 Å². The Morgan fingerprint density at radius 1 is 1.55 bits per heavy atom. The number of oxazole rings is 1. The summed E-state index contributed by atoms with van der Waals surface area (Å²) in [4.78, 5) is 39.8. The zero-order chi connectivity index (χ0) is 14.9. The van der Waals surface area contributed by atoms with E-state index in [4.69, 9.17) is 14.9 Å². The number of aromatic nitrogens is 1. The summed E-state index contributed by atoms with van der Waals surface area (Å²) in [5.74, 6) is -2.11. The number of hydrogen-bond acceptors (Lipinski definition) is 6. The smallest absolute Gasteiger partial charge is 0.376 e. The van der Waals surface area contributed by atoms with Gasteiger partial charge in [0.15, 0.2) is 0 Å². The van der Waals surface area contributed by atoms with Gasteiger partial charge in [0.25, 0.3) is 0 Å². The van der Waals surface area contributed by atoms with E-state index in [0.717, 1.165) is 0 Å². The average molecular weight is 281 g/mol. The number of rotatable bonds is 4. The third kappa shape index (κ3) is 2.49. The minimum atomic E-state index is -0.637. The number of nitrogens with zero attached hydrogens (tertiary/aromatic N) is 2. The number of primary amides is 1. The minimum absolute atomic E-state index is 0.0145. The molecule has 0 bridgehead atoms. The molecule has 1 atom stereocenters. The van der Waals surface area contributed by atoms with Crippen molar-refractivity contribution >= 4 is 23.8 Å². The second-order valence-electron chi connectivity index (χ2n) is 4.44. The molecule has 2 amide bonds. The van der Waals surface area contributed by atoms with Crippen LogP contribution in [0.2, 0.25) is 0 Å². The standard InChI is InChI=1S/C12H15N3O5/c1-3-19-11(18)9-6(2)14-12(20-9)15-5-7(10(13)17)4-8(15)16/h7H,3-5H2,1-2H3,(H2,13,17). The highest BCUT2D eigenvalue weighted by Gasteiger charge is 2.37. The zero-order valence-corrected chi connectivity index (χ0v) is 11.2. The van der Waals surface area contributed by atoms with Gasteiger partial charge in [-0.2, -0.15) is 4.98 Å². The molecule has 2 heterocycles. The van der Waals surface area contributed by atoms with Crippen LogP contribution in [-0.2, 0) is 14.3 Å². The van der Waals surface area contributed by atoms with Gasteiger partial charge in [-0.3, -0.25) is 14.5 Å². The summed E-state index contributed by atoms with van der Waals surface area (Å²) in [6, 6.07) is -0.0145. The maximum Gasteiger partial charge on any atom is 0.376 e. The number of ether oxygens (including phenoxy) is 1. The molecule has 2 N–H and O–H groups in total. The van der Waals surface area contributed by atoms with Gasteiger partial charge in [-0.05, 0) is 13.8 Å². The normalized spacial score (nSPS) is 18.4. The molecule has 1 aliphatic heterocycles. The van der Waals surface area contributed by atoms with E-state index in [1.54, 1.807) is 13.8 Å². The van der Waals surface area contributed by atoms with Gasteiger partial charge >= 0.3 is 12.0 Å². The second kappa shape index (κ2) is 5.32. The maximum absolute atomic E-state index is 11.8. The van der Waals surface area contributed by atoms with Gasteiger partial charge in [0.2, 0.25) is 17.6 Å². The number of hydrogen-bond donors (Lipinski definition) is 1. The molecule has 8 heteroatoms. The Balaban J connectivity index is 2.22. The van der Waals surface area contributed by atoms with Crippen LogP contribution in [0.15, 0.2) is 4.42 Å². The van der Waals surface area contributed by atoms with Crippen LogP contribution in [0.4, 0.5) is 6.01 Å². The first-order valence-corrected chi connectivity index (χ1v) is 6.18. The lowest BCUT2D eigenvalue weighted by atomic mass is 10.1. The van der Waals surface area contributed by atoms with Crippen LogP contribution in [0.1, 0.15) is 29.6 Å². The summed E-state index contributed by atoms with van der Waals surface area (Å²) in [6.45, 7) is 3.56. The fraction of sp³-hybridized carbons (Fsp3) is 0.500. The van der Waals surface area contributed by atoms with E-state index < -0.39 is 17.8 Å². The van der Waals surface area contributed by atoms with E-state index in [1.807, 2.05) is 0 Å². The number of carbonyl (C=O) groups excluding carboxylic acids is 3. The van der Waals surface area contributed by atoms with Crippen molar-refractivity contribution in [3.63, 3.8) is 0 Å². The Hall–Kier alpha value is -2.38. The monoisotopic (exact) mass is 281 g/mol. The maximum atomic E-state index is 11.8. The van der Waals surface area contributed by atoms with Crippen LogP contribution >= 0.6 is 0 Å². The van der Waals surface area contributed by atoms with Crippen molar-refractivity contribution in [3.05, 3.63) is 11.5 Å². The highest BCUT2D eigenvalue weighted by Crippen LogP contribution is 2.26. The zero-order valence-electron chi connectivity index (χ0n) is 11.2. The van der Waals surface area contributed by atoms with Crippen LogP contribution in [0.3, 0.4) is 0 Å². The van der Waals surface area contributed by atoms with E-state index in [1.165, 1.54) is 4.90 Å². The van der Waals surface area contributed by atoms with Crippen LogP contribution in [0, 0.1) is 12.8 Å². The second-order valence-corrected chi connectivity index (χ2v) is 4.44. The molecule has 0 radical (unpaired) electrons. The van der Waals surface area contributed by atoms with E-state index >= 15 is 0 Å². The van der Waals surface area contributed by atoms with E-state index in [2.05, 4.69) is 4.98 Å². The third-order valence-corrected chi connectivity index (χ3v) is 3.00. The number of nitrogens with two attached hydrogens (primary N) is 1. The van der Waals surface area contributed by atoms with Gasteiger partial charge in [0.05, 0.1) is 18.2 Å². The average Bonchev–Trinajstić information content (AvgIpc) is 2.93. The van der Waals surface area contributed by atoms with Gasteiger partial charge in [-0.15, -0.1) is 0 Å². The predicted octanol–water partition coefficient (Wildman–Crippen LogP) is -0.00208. The molecule has 1 unspecified atom stereocenters. The molecular formula is C12H15N3O5. The molecule has 1 aromatic rings. The number of anilines is 1. The Labute approximate surface area is 114 Å². The molecule has 8 nitrogen and oxygen atoms in total. The van der Waals surface area contributed by atoms with Crippen LogP contribution < -0.4 is 10.6 Å². The number of esters is 1. The quantitative estimate of drug-likeness (QED) is 0.776. The van der Waals surface area contributed by atoms with Crippen molar-refractivity contribution in [1.29, 1.82) is 0 Å². The van der Waals surface area contributed by atoms with Crippen LogP contribution in [0.5, 0.6) is 0 Å². The molecule has 0 saturated carbocycles. The fourth-order valence-electron chi connectivity index (χ4n) is 1.97. The highest BCUT2D eigenvalue weighted by atomic mass is 16.5. The lowest BCUT2D eigenvalue weighted by Crippen LogP contribution is -2.28. The van der Waals surface area contributed by atoms with Gasteiger partial charge in [-0.25, -0.2) is 4.79 Å². The third-order valence-electron chi connectivity index (χ3n) is 3.00. The topological polar surface area (TPSA) is 116 Å². The van der Waals surface area contributed by atoms with Gasteiger partial charge in [0.1, 0.15) is 0 Å². The number of aryl methyl sites for hydroxylation is 1. The number of amides is 2. The highest BCUT2D eigenvalue weighted by molar-refractivity contribution is 5.99. The molecule has 0 aromatic carbocycles. The van der Waals surface area contributed by atoms with Crippen LogP contribution in [0.25, 0.3) is 0 Å². The number of carbonyl (C=O) groups is 3. The Bertz CT molecular complexity index is 565. The molecular weight excluding hydrogens is 266 g/mol. The van der Waals surface area contributed by atoms with E-state index in [-0.39, 0.29) is 37.3 Å². The lowest BCUT2D eigenvalue weighted by Gasteiger charge is -2.10. The van der Waals surface area contributed by atoms with Gasteiger partial charge < -0.3 is 14.9 Å². The molecule has 20 heavy (non-hydrogen) atoms. The summed E-state index contributed by atoms with van der Waals surface area (Å²) in [5.41, 5.74) is 5.51. The SMILES string of the molecule is CCOC(=O)c1oc(N2CC(C(N)=O)CC2=O)nc1C. The van der Waals surface area contributed by atoms with E-state index in [0.29, 0.717) is 5.69 Å². The lowest BCUT2D eigenvalue weighted by molar-refractivity contribution is -0.123. The van der Waals surface area contributed by atoms with Crippen molar-refractivity contribution in [2.45, 2.75) is 20.3 Å². The first kappa shape index (κ1) is 14.0. The summed E-state index contributed by atoms with van der Waals surface area (Å²) in [7, 11) is 0. The summed E-state index contributed by atoms with van der Waals surface area (Å²) < 4.78 is 10.1.